The molecule has 21 heavy (non-hydrogen) atoms. The lowest BCUT2D eigenvalue weighted by molar-refractivity contribution is 0.593. The Morgan fingerprint density at radius 2 is 1.71 bits per heavy atom. The minimum absolute atomic E-state index is 0.257. The van der Waals surface area contributed by atoms with Gasteiger partial charge in [-0.1, -0.05) is 55.8 Å². The predicted molar refractivity (Wildman–Crippen MR) is 87.0 cm³/mol. The molecular weight excluding hydrogens is 285 g/mol. The van der Waals surface area contributed by atoms with Crippen LogP contribution in [-0.2, 0) is 12.8 Å². The predicted octanol–water partition coefficient (Wildman–Crippen LogP) is 4.92. The number of hydrogen-bond acceptors (Lipinski definition) is 1. The zero-order valence-corrected chi connectivity index (χ0v) is 13.2. The molecule has 0 amide bonds. The molecule has 2 rings (SSSR count). The summed E-state index contributed by atoms with van der Waals surface area (Å²) < 4.78 is 13.8. The Balaban J connectivity index is 2.11. The second-order valence-electron chi connectivity index (χ2n) is 5.85. The van der Waals surface area contributed by atoms with Crippen molar-refractivity contribution < 1.29 is 4.39 Å². The molecule has 0 saturated carbocycles. The van der Waals surface area contributed by atoms with Crippen molar-refractivity contribution in [1.29, 1.82) is 0 Å². The minimum atomic E-state index is -0.297. The maximum Gasteiger partial charge on any atom is 0.127 e. The first kappa shape index (κ1) is 16.0. The van der Waals surface area contributed by atoms with Crippen molar-refractivity contribution in [2.45, 2.75) is 32.7 Å². The third-order valence-electron chi connectivity index (χ3n) is 3.54. The van der Waals surface area contributed by atoms with E-state index < -0.39 is 0 Å². The molecule has 0 fully saturated rings. The molecule has 2 N–H and O–H groups in total. The van der Waals surface area contributed by atoms with Gasteiger partial charge in [-0.25, -0.2) is 4.39 Å². The Labute approximate surface area is 130 Å². The van der Waals surface area contributed by atoms with Crippen LogP contribution in [0, 0.1) is 11.7 Å². The van der Waals surface area contributed by atoms with Crippen LogP contribution in [0.3, 0.4) is 0 Å². The van der Waals surface area contributed by atoms with Gasteiger partial charge < -0.3 is 5.73 Å². The Hall–Kier alpha value is -1.38. The third-order valence-corrected chi connectivity index (χ3v) is 3.89. The van der Waals surface area contributed by atoms with Gasteiger partial charge in [-0.2, -0.15) is 0 Å². The summed E-state index contributed by atoms with van der Waals surface area (Å²) in [5, 5.41) is 0.432. The van der Waals surface area contributed by atoms with Gasteiger partial charge in [0.1, 0.15) is 5.82 Å². The van der Waals surface area contributed by atoms with Crippen LogP contribution in [0.2, 0.25) is 5.02 Å². The summed E-state index contributed by atoms with van der Waals surface area (Å²) >= 11 is 6.05. The lowest BCUT2D eigenvalue weighted by Gasteiger charge is -2.15. The van der Waals surface area contributed by atoms with Crippen molar-refractivity contribution in [2.75, 3.05) is 0 Å². The summed E-state index contributed by atoms with van der Waals surface area (Å²) in [6.45, 7) is 4.39. The number of halogens is 2. The van der Waals surface area contributed by atoms with Crippen LogP contribution in [0.4, 0.5) is 4.39 Å². The van der Waals surface area contributed by atoms with Gasteiger partial charge in [0.2, 0.25) is 0 Å². The van der Waals surface area contributed by atoms with E-state index in [2.05, 4.69) is 26.0 Å². The van der Waals surface area contributed by atoms with Crippen LogP contribution in [0.15, 0.2) is 42.5 Å². The average Bonchev–Trinajstić information content (AvgIpc) is 2.43. The zero-order valence-electron chi connectivity index (χ0n) is 12.4. The van der Waals surface area contributed by atoms with E-state index in [1.807, 2.05) is 12.1 Å². The van der Waals surface area contributed by atoms with Gasteiger partial charge in [0.25, 0.3) is 0 Å². The Kier molecular flexibility index (Phi) is 5.38. The molecule has 0 bridgehead atoms. The topological polar surface area (TPSA) is 26.0 Å². The van der Waals surface area contributed by atoms with Gasteiger partial charge in [0.05, 0.1) is 0 Å². The van der Waals surface area contributed by atoms with Crippen molar-refractivity contribution in [3.63, 3.8) is 0 Å². The number of benzene rings is 2. The van der Waals surface area contributed by atoms with Crippen LogP contribution >= 0.6 is 11.6 Å². The normalized spacial score (nSPS) is 12.7. The van der Waals surface area contributed by atoms with Crippen molar-refractivity contribution in [3.8, 4) is 0 Å². The number of hydrogen-bond donors (Lipinski definition) is 1. The van der Waals surface area contributed by atoms with Crippen molar-refractivity contribution in [2.24, 2.45) is 11.7 Å². The molecule has 0 aromatic heterocycles. The highest BCUT2D eigenvalue weighted by Gasteiger charge is 2.13. The van der Waals surface area contributed by atoms with E-state index in [1.165, 1.54) is 11.6 Å². The van der Waals surface area contributed by atoms with E-state index in [4.69, 9.17) is 17.3 Å². The third kappa shape index (κ3) is 4.29. The van der Waals surface area contributed by atoms with Crippen LogP contribution < -0.4 is 5.73 Å². The molecular formula is C18H21ClFN. The molecule has 0 heterocycles. The summed E-state index contributed by atoms with van der Waals surface area (Å²) in [4.78, 5) is 0. The number of nitrogens with two attached hydrogens (primary N) is 1. The highest BCUT2D eigenvalue weighted by Crippen LogP contribution is 2.25. The van der Waals surface area contributed by atoms with Crippen molar-refractivity contribution in [1.82, 2.24) is 0 Å². The van der Waals surface area contributed by atoms with Crippen LogP contribution in [0.25, 0.3) is 0 Å². The molecule has 0 saturated heterocycles. The second-order valence-corrected chi connectivity index (χ2v) is 6.26. The van der Waals surface area contributed by atoms with Gasteiger partial charge >= 0.3 is 0 Å². The molecule has 0 aliphatic carbocycles. The fourth-order valence-electron chi connectivity index (χ4n) is 2.44. The van der Waals surface area contributed by atoms with Gasteiger partial charge in [0, 0.05) is 16.6 Å². The monoisotopic (exact) mass is 305 g/mol. The zero-order chi connectivity index (χ0) is 15.4. The smallest absolute Gasteiger partial charge is 0.127 e. The largest absolute Gasteiger partial charge is 0.324 e. The lowest BCUT2D eigenvalue weighted by atomic mass is 9.96. The summed E-state index contributed by atoms with van der Waals surface area (Å²) in [5.41, 5.74) is 8.97. The molecule has 0 aliphatic heterocycles. The quantitative estimate of drug-likeness (QED) is 0.833. The van der Waals surface area contributed by atoms with Crippen molar-refractivity contribution >= 4 is 11.6 Å². The fraction of sp³-hybridized carbons (Fsp3) is 0.333. The maximum absolute atomic E-state index is 13.8. The molecule has 0 aliphatic rings. The maximum atomic E-state index is 13.8. The highest BCUT2D eigenvalue weighted by atomic mass is 35.5. The molecule has 1 atom stereocenters. The molecule has 2 aromatic carbocycles. The first-order chi connectivity index (χ1) is 9.97. The molecule has 2 aromatic rings. The Morgan fingerprint density at radius 3 is 2.29 bits per heavy atom. The summed E-state index contributed by atoms with van der Waals surface area (Å²) in [6, 6.07) is 12.7. The Bertz CT molecular complexity index is 572. The van der Waals surface area contributed by atoms with Gasteiger partial charge in [-0.05, 0) is 42.0 Å². The standard InChI is InChI=1S/C18H21ClFN/c1-12(2)10-13-6-8-14(9-7-13)18(21)11-15-16(19)4-3-5-17(15)20/h3-9,12,18H,10-11,21H2,1-2H3. The minimum Gasteiger partial charge on any atom is -0.324 e. The highest BCUT2D eigenvalue weighted by molar-refractivity contribution is 6.31. The summed E-state index contributed by atoms with van der Waals surface area (Å²) in [6.07, 6.45) is 1.45. The van der Waals surface area contributed by atoms with Crippen LogP contribution in [0.1, 0.15) is 36.6 Å². The van der Waals surface area contributed by atoms with Gasteiger partial charge in [-0.3, -0.25) is 0 Å². The van der Waals surface area contributed by atoms with Crippen molar-refractivity contribution in [3.05, 3.63) is 70.0 Å². The van der Waals surface area contributed by atoms with E-state index in [-0.39, 0.29) is 11.9 Å². The average molecular weight is 306 g/mol. The molecule has 1 nitrogen and oxygen atoms in total. The molecule has 0 radical (unpaired) electrons. The van der Waals surface area contributed by atoms with Gasteiger partial charge in [0.15, 0.2) is 0 Å². The second kappa shape index (κ2) is 7.06. The first-order valence-corrected chi connectivity index (χ1v) is 7.62. The molecule has 0 spiro atoms. The fourth-order valence-corrected chi connectivity index (χ4v) is 2.68. The van der Waals surface area contributed by atoms with E-state index in [0.29, 0.717) is 22.9 Å². The first-order valence-electron chi connectivity index (χ1n) is 7.24. The van der Waals surface area contributed by atoms with E-state index in [0.717, 1.165) is 12.0 Å². The van der Waals surface area contributed by atoms with Crippen LogP contribution in [0.5, 0.6) is 0 Å². The summed E-state index contributed by atoms with van der Waals surface area (Å²) in [7, 11) is 0. The SMILES string of the molecule is CC(C)Cc1ccc(C(N)Cc2c(F)cccc2Cl)cc1. The van der Waals surface area contributed by atoms with Crippen LogP contribution in [-0.4, -0.2) is 0 Å². The molecule has 3 heteroatoms. The number of rotatable bonds is 5. The van der Waals surface area contributed by atoms with E-state index in [1.54, 1.807) is 12.1 Å². The van der Waals surface area contributed by atoms with Gasteiger partial charge in [-0.15, -0.1) is 0 Å². The molecule has 112 valence electrons. The van der Waals surface area contributed by atoms with E-state index >= 15 is 0 Å². The molecule has 1 unspecified atom stereocenters. The Morgan fingerprint density at radius 1 is 1.05 bits per heavy atom. The summed E-state index contributed by atoms with van der Waals surface area (Å²) in [5.74, 6) is 0.330. The van der Waals surface area contributed by atoms with E-state index in [9.17, 15) is 4.39 Å². The lowest BCUT2D eigenvalue weighted by Crippen LogP contribution is -2.14.